The van der Waals surface area contributed by atoms with Crippen molar-refractivity contribution < 1.29 is 18.7 Å². The predicted molar refractivity (Wildman–Crippen MR) is 123 cm³/mol. The molecule has 6 heteroatoms. The number of carbonyl (C=O) groups is 1. The van der Waals surface area contributed by atoms with Gasteiger partial charge in [0.05, 0.1) is 19.6 Å². The smallest absolute Gasteiger partial charge is 0.226 e. The summed E-state index contributed by atoms with van der Waals surface area (Å²) >= 11 is 0. The van der Waals surface area contributed by atoms with Gasteiger partial charge in [-0.2, -0.15) is 0 Å². The molecule has 1 heterocycles. The second kappa shape index (κ2) is 11.3. The monoisotopic (exact) mass is 436 g/mol. The largest absolute Gasteiger partial charge is 0.494 e. The van der Waals surface area contributed by atoms with Crippen molar-refractivity contribution in [3.05, 3.63) is 77.9 Å². The number of hydrogen-bond donors (Lipinski definition) is 1. The number of rotatable bonds is 10. The van der Waals surface area contributed by atoms with Crippen LogP contribution in [0.15, 0.2) is 60.8 Å². The molecule has 0 saturated carbocycles. The standard InChI is InChI=1S/C26H29FN2O3/c1-4-31-24-9-6-20(7-10-24)21-5-8-23(28-16-21)14-26(30)29-15-19-11-22(27)13-25(12-19)32-17-18(2)3/h5-13,16,18H,4,14-15,17H2,1-3H3,(H,29,30). The van der Waals surface area contributed by atoms with Gasteiger partial charge in [-0.15, -0.1) is 0 Å². The molecular formula is C26H29FN2O3. The molecule has 1 N–H and O–H groups in total. The van der Waals surface area contributed by atoms with Crippen LogP contribution in [-0.2, 0) is 17.8 Å². The van der Waals surface area contributed by atoms with Crippen molar-refractivity contribution in [1.82, 2.24) is 10.3 Å². The summed E-state index contributed by atoms with van der Waals surface area (Å²) in [5.41, 5.74) is 3.30. The van der Waals surface area contributed by atoms with Crippen LogP contribution in [0, 0.1) is 11.7 Å². The van der Waals surface area contributed by atoms with E-state index in [0.717, 1.165) is 16.9 Å². The molecule has 0 unspecified atom stereocenters. The van der Waals surface area contributed by atoms with Gasteiger partial charge in [0.15, 0.2) is 0 Å². The molecule has 5 nitrogen and oxygen atoms in total. The van der Waals surface area contributed by atoms with Crippen molar-refractivity contribution >= 4 is 5.91 Å². The summed E-state index contributed by atoms with van der Waals surface area (Å²) in [6.45, 7) is 7.36. The molecule has 0 atom stereocenters. The zero-order valence-electron chi connectivity index (χ0n) is 18.7. The average molecular weight is 437 g/mol. The van der Waals surface area contributed by atoms with Gasteiger partial charge in [0.1, 0.15) is 17.3 Å². The fourth-order valence-corrected chi connectivity index (χ4v) is 3.11. The van der Waals surface area contributed by atoms with E-state index < -0.39 is 0 Å². The van der Waals surface area contributed by atoms with Crippen molar-refractivity contribution in [3.63, 3.8) is 0 Å². The highest BCUT2D eigenvalue weighted by Crippen LogP contribution is 2.22. The first-order chi connectivity index (χ1) is 15.4. The number of pyridine rings is 1. The van der Waals surface area contributed by atoms with E-state index >= 15 is 0 Å². The third kappa shape index (κ3) is 7.08. The van der Waals surface area contributed by atoms with E-state index in [0.29, 0.717) is 36.1 Å². The molecule has 1 aromatic heterocycles. The highest BCUT2D eigenvalue weighted by Gasteiger charge is 2.08. The second-order valence-electron chi connectivity index (χ2n) is 7.95. The van der Waals surface area contributed by atoms with E-state index in [9.17, 15) is 9.18 Å². The lowest BCUT2D eigenvalue weighted by molar-refractivity contribution is -0.120. The Morgan fingerprint density at radius 2 is 1.75 bits per heavy atom. The molecule has 3 aromatic rings. The van der Waals surface area contributed by atoms with Gasteiger partial charge < -0.3 is 14.8 Å². The second-order valence-corrected chi connectivity index (χ2v) is 7.95. The zero-order chi connectivity index (χ0) is 22.9. The van der Waals surface area contributed by atoms with Gasteiger partial charge >= 0.3 is 0 Å². The number of carbonyl (C=O) groups excluding carboxylic acids is 1. The van der Waals surface area contributed by atoms with Gasteiger partial charge in [-0.1, -0.05) is 32.0 Å². The lowest BCUT2D eigenvalue weighted by Crippen LogP contribution is -2.25. The summed E-state index contributed by atoms with van der Waals surface area (Å²) in [7, 11) is 0. The molecule has 0 fully saturated rings. The number of nitrogens with zero attached hydrogens (tertiary/aromatic N) is 1. The van der Waals surface area contributed by atoms with Crippen molar-refractivity contribution in [1.29, 1.82) is 0 Å². The zero-order valence-corrected chi connectivity index (χ0v) is 18.7. The first kappa shape index (κ1) is 23.3. The van der Waals surface area contributed by atoms with Gasteiger partial charge in [0, 0.05) is 30.1 Å². The summed E-state index contributed by atoms with van der Waals surface area (Å²) in [5, 5.41) is 2.82. The molecular weight excluding hydrogens is 407 g/mol. The maximum atomic E-state index is 13.9. The third-order valence-electron chi connectivity index (χ3n) is 4.67. The van der Waals surface area contributed by atoms with Crippen molar-refractivity contribution in [3.8, 4) is 22.6 Å². The Hall–Kier alpha value is -3.41. The molecule has 0 radical (unpaired) electrons. The van der Waals surface area contributed by atoms with Crippen molar-refractivity contribution in [2.75, 3.05) is 13.2 Å². The molecule has 32 heavy (non-hydrogen) atoms. The molecule has 2 aromatic carbocycles. The van der Waals surface area contributed by atoms with E-state index in [1.807, 2.05) is 57.2 Å². The number of hydrogen-bond acceptors (Lipinski definition) is 4. The fraction of sp³-hybridized carbons (Fsp3) is 0.308. The normalized spacial score (nSPS) is 10.8. The van der Waals surface area contributed by atoms with Crippen molar-refractivity contribution in [2.24, 2.45) is 5.92 Å². The van der Waals surface area contributed by atoms with Gasteiger partial charge in [-0.05, 0) is 54.3 Å². The van der Waals surface area contributed by atoms with Gasteiger partial charge in [-0.25, -0.2) is 4.39 Å². The van der Waals surface area contributed by atoms with Gasteiger partial charge in [-0.3, -0.25) is 9.78 Å². The average Bonchev–Trinajstić information content (AvgIpc) is 2.77. The Kier molecular flexibility index (Phi) is 8.20. The minimum atomic E-state index is -0.387. The number of benzene rings is 2. The van der Waals surface area contributed by atoms with Crippen LogP contribution in [0.1, 0.15) is 32.0 Å². The van der Waals surface area contributed by atoms with Crippen LogP contribution in [0.25, 0.3) is 11.1 Å². The van der Waals surface area contributed by atoms with Gasteiger partial charge in [0.25, 0.3) is 0 Å². The highest BCUT2D eigenvalue weighted by molar-refractivity contribution is 5.78. The van der Waals surface area contributed by atoms with E-state index in [-0.39, 0.29) is 24.7 Å². The number of nitrogens with one attached hydrogen (secondary N) is 1. The molecule has 0 saturated heterocycles. The molecule has 0 bridgehead atoms. The number of amides is 1. The van der Waals surface area contributed by atoms with E-state index in [2.05, 4.69) is 10.3 Å². The van der Waals surface area contributed by atoms with E-state index in [1.54, 1.807) is 12.3 Å². The number of aromatic nitrogens is 1. The topological polar surface area (TPSA) is 60.5 Å². The van der Waals surface area contributed by atoms with Crippen LogP contribution in [0.5, 0.6) is 11.5 Å². The third-order valence-corrected chi connectivity index (χ3v) is 4.67. The molecule has 0 aliphatic rings. The SMILES string of the molecule is CCOc1ccc(-c2ccc(CC(=O)NCc3cc(F)cc(OCC(C)C)c3)nc2)cc1. The lowest BCUT2D eigenvalue weighted by Gasteiger charge is -2.11. The predicted octanol–water partition coefficient (Wildman–Crippen LogP) is 5.18. The first-order valence-electron chi connectivity index (χ1n) is 10.8. The Morgan fingerprint density at radius 3 is 2.41 bits per heavy atom. The Labute approximate surface area is 188 Å². The minimum Gasteiger partial charge on any atom is -0.494 e. The lowest BCUT2D eigenvalue weighted by atomic mass is 10.1. The minimum absolute atomic E-state index is 0.148. The van der Waals surface area contributed by atoms with E-state index in [4.69, 9.17) is 9.47 Å². The summed E-state index contributed by atoms with van der Waals surface area (Å²) in [5.74, 6) is 1.07. The van der Waals surface area contributed by atoms with Gasteiger partial charge in [0.2, 0.25) is 5.91 Å². The Balaban J connectivity index is 1.54. The van der Waals surface area contributed by atoms with Crippen LogP contribution in [0.4, 0.5) is 4.39 Å². The van der Waals surface area contributed by atoms with Crippen LogP contribution in [0.3, 0.4) is 0 Å². The molecule has 0 aliphatic heterocycles. The Bertz CT molecular complexity index is 1020. The van der Waals surface area contributed by atoms with Crippen LogP contribution in [0.2, 0.25) is 0 Å². The Morgan fingerprint density at radius 1 is 1.00 bits per heavy atom. The van der Waals surface area contributed by atoms with E-state index in [1.165, 1.54) is 12.1 Å². The molecule has 1 amide bonds. The summed E-state index contributed by atoms with van der Waals surface area (Å²) in [6, 6.07) is 16.1. The molecule has 3 rings (SSSR count). The van der Waals surface area contributed by atoms with Crippen LogP contribution >= 0.6 is 0 Å². The fourth-order valence-electron chi connectivity index (χ4n) is 3.11. The maximum Gasteiger partial charge on any atom is 0.226 e. The quantitative estimate of drug-likeness (QED) is 0.476. The number of halogens is 1. The summed E-state index contributed by atoms with van der Waals surface area (Å²) < 4.78 is 24.9. The van der Waals surface area contributed by atoms with Crippen molar-refractivity contribution in [2.45, 2.75) is 33.7 Å². The number of ether oxygens (including phenoxy) is 2. The summed E-state index contributed by atoms with van der Waals surface area (Å²) in [6.07, 6.45) is 1.90. The molecule has 0 aliphatic carbocycles. The van der Waals surface area contributed by atoms with Crippen LogP contribution in [-0.4, -0.2) is 24.1 Å². The van der Waals surface area contributed by atoms with Crippen LogP contribution < -0.4 is 14.8 Å². The highest BCUT2D eigenvalue weighted by atomic mass is 19.1. The summed E-state index contributed by atoms with van der Waals surface area (Å²) in [4.78, 5) is 16.7. The maximum absolute atomic E-state index is 13.9. The molecule has 0 spiro atoms. The first-order valence-corrected chi connectivity index (χ1v) is 10.8. The molecule has 168 valence electrons.